The normalized spacial score (nSPS) is 10.8. The molecule has 0 unspecified atom stereocenters. The summed E-state index contributed by atoms with van der Waals surface area (Å²) in [6.07, 6.45) is 1.35. The summed E-state index contributed by atoms with van der Waals surface area (Å²) in [6, 6.07) is 4.52. The maximum absolute atomic E-state index is 12.4. The Labute approximate surface area is 130 Å². The van der Waals surface area contributed by atoms with E-state index in [0.29, 0.717) is 6.54 Å². The molecule has 1 aromatic carbocycles. The van der Waals surface area contributed by atoms with Crippen LogP contribution in [-0.2, 0) is 6.54 Å². The highest BCUT2D eigenvalue weighted by molar-refractivity contribution is 6.34. The van der Waals surface area contributed by atoms with E-state index in [9.17, 15) is 13.6 Å². The molecule has 0 fully saturated rings. The average molecular weight is 330 g/mol. The van der Waals surface area contributed by atoms with Crippen molar-refractivity contribution >= 4 is 23.2 Å². The molecule has 0 radical (unpaired) electrons. The van der Waals surface area contributed by atoms with Gasteiger partial charge in [-0.2, -0.15) is 13.9 Å². The third kappa shape index (κ3) is 3.54. The predicted octanol–water partition coefficient (Wildman–Crippen LogP) is 3.72. The smallest absolute Gasteiger partial charge is 0.387 e. The molecule has 1 aromatic heterocycles. The van der Waals surface area contributed by atoms with Crippen LogP contribution in [0.25, 0.3) is 0 Å². The number of amides is 1. The summed E-state index contributed by atoms with van der Waals surface area (Å²) in [4.78, 5) is 12.3. The van der Waals surface area contributed by atoms with Crippen molar-refractivity contribution < 1.29 is 18.3 Å². The first kappa shape index (κ1) is 16.2. The van der Waals surface area contributed by atoms with Gasteiger partial charge in [0.2, 0.25) is 0 Å². The van der Waals surface area contributed by atoms with Gasteiger partial charge in [-0.05, 0) is 31.5 Å². The number of carbonyl (C=O) groups is 1. The van der Waals surface area contributed by atoms with E-state index in [1.807, 2.05) is 0 Å². The van der Waals surface area contributed by atoms with Crippen molar-refractivity contribution in [1.29, 1.82) is 0 Å². The van der Waals surface area contributed by atoms with E-state index >= 15 is 0 Å². The summed E-state index contributed by atoms with van der Waals surface area (Å²) in [5.74, 6) is -0.665. The summed E-state index contributed by atoms with van der Waals surface area (Å²) in [7, 11) is 0. The van der Waals surface area contributed by atoms with Crippen LogP contribution in [-0.4, -0.2) is 22.3 Å². The fourth-order valence-corrected chi connectivity index (χ4v) is 2.18. The molecule has 1 amide bonds. The lowest BCUT2D eigenvalue weighted by Crippen LogP contribution is -2.19. The molecule has 8 heteroatoms. The van der Waals surface area contributed by atoms with Gasteiger partial charge in [-0.1, -0.05) is 17.7 Å². The van der Waals surface area contributed by atoms with Gasteiger partial charge in [-0.25, -0.2) is 0 Å². The topological polar surface area (TPSA) is 56.2 Å². The minimum absolute atomic E-state index is 0.118. The van der Waals surface area contributed by atoms with Crippen LogP contribution >= 0.6 is 11.6 Å². The van der Waals surface area contributed by atoms with E-state index in [0.717, 1.165) is 5.56 Å². The number of anilines is 1. The number of aryl methyl sites for hydroxylation is 2. The average Bonchev–Trinajstić information content (AvgIpc) is 2.82. The Morgan fingerprint density at radius 2 is 2.23 bits per heavy atom. The highest BCUT2D eigenvalue weighted by Crippen LogP contribution is 2.28. The van der Waals surface area contributed by atoms with Crippen LogP contribution in [0.4, 0.5) is 14.5 Å². The van der Waals surface area contributed by atoms with Crippen LogP contribution in [0.2, 0.25) is 5.02 Å². The molecule has 2 rings (SSSR count). The van der Waals surface area contributed by atoms with Gasteiger partial charge in [0, 0.05) is 6.54 Å². The zero-order chi connectivity index (χ0) is 16.3. The molecule has 1 N–H and O–H groups in total. The summed E-state index contributed by atoms with van der Waals surface area (Å²) in [5.41, 5.74) is 1.09. The van der Waals surface area contributed by atoms with Crippen molar-refractivity contribution in [2.75, 3.05) is 5.32 Å². The van der Waals surface area contributed by atoms with Crippen LogP contribution in [0.1, 0.15) is 23.0 Å². The number of aromatic nitrogens is 2. The Hall–Kier alpha value is -2.15. The van der Waals surface area contributed by atoms with E-state index in [4.69, 9.17) is 11.6 Å². The maximum atomic E-state index is 12.4. The Morgan fingerprint density at radius 1 is 1.50 bits per heavy atom. The number of ether oxygens (including phenoxy) is 1. The van der Waals surface area contributed by atoms with Crippen molar-refractivity contribution in [2.24, 2.45) is 0 Å². The molecule has 22 heavy (non-hydrogen) atoms. The van der Waals surface area contributed by atoms with Crippen molar-refractivity contribution in [3.05, 3.63) is 40.7 Å². The van der Waals surface area contributed by atoms with E-state index in [-0.39, 0.29) is 22.2 Å². The quantitative estimate of drug-likeness (QED) is 0.909. The van der Waals surface area contributed by atoms with E-state index in [1.165, 1.54) is 23.0 Å². The molecular weight excluding hydrogens is 316 g/mol. The maximum Gasteiger partial charge on any atom is 0.387 e. The number of benzene rings is 1. The van der Waals surface area contributed by atoms with Crippen molar-refractivity contribution in [2.45, 2.75) is 27.0 Å². The second kappa shape index (κ2) is 6.74. The number of carbonyl (C=O) groups excluding carboxylic acids is 1. The molecule has 0 spiro atoms. The standard InChI is InChI=1S/C14H14ClF2N3O2/c1-3-20-12(9(15)7-18-20)13(21)19-10-6-8(2)4-5-11(10)22-14(16)17/h4-7,14H,3H2,1-2H3,(H,19,21). The molecule has 0 aliphatic carbocycles. The number of alkyl halides is 2. The molecule has 0 aliphatic rings. The summed E-state index contributed by atoms with van der Waals surface area (Å²) >= 11 is 5.94. The van der Waals surface area contributed by atoms with Crippen molar-refractivity contribution in [3.8, 4) is 5.75 Å². The van der Waals surface area contributed by atoms with E-state index in [2.05, 4.69) is 15.2 Å². The number of hydrogen-bond donors (Lipinski definition) is 1. The molecule has 118 valence electrons. The third-order valence-electron chi connectivity index (χ3n) is 2.91. The number of nitrogens with zero attached hydrogens (tertiary/aromatic N) is 2. The molecule has 0 saturated carbocycles. The Morgan fingerprint density at radius 3 is 2.86 bits per heavy atom. The van der Waals surface area contributed by atoms with Crippen LogP contribution in [0.5, 0.6) is 5.75 Å². The fraction of sp³-hybridized carbons (Fsp3) is 0.286. The number of halogens is 3. The van der Waals surface area contributed by atoms with Gasteiger partial charge in [-0.15, -0.1) is 0 Å². The number of nitrogens with one attached hydrogen (secondary N) is 1. The first-order valence-corrected chi connectivity index (χ1v) is 6.88. The zero-order valence-corrected chi connectivity index (χ0v) is 12.7. The van der Waals surface area contributed by atoms with Gasteiger partial charge < -0.3 is 10.1 Å². The molecule has 0 bridgehead atoms. The molecule has 0 atom stereocenters. The predicted molar refractivity (Wildman–Crippen MR) is 78.7 cm³/mol. The van der Waals surface area contributed by atoms with Crippen molar-refractivity contribution in [1.82, 2.24) is 9.78 Å². The largest absolute Gasteiger partial charge is 0.433 e. The lowest BCUT2D eigenvalue weighted by Gasteiger charge is -2.13. The zero-order valence-electron chi connectivity index (χ0n) is 11.9. The molecule has 2 aromatic rings. The SMILES string of the molecule is CCn1ncc(Cl)c1C(=O)Nc1cc(C)ccc1OC(F)F. The monoisotopic (exact) mass is 329 g/mol. The summed E-state index contributed by atoms with van der Waals surface area (Å²) in [6.45, 7) is 1.04. The lowest BCUT2D eigenvalue weighted by atomic mass is 10.2. The minimum atomic E-state index is -2.98. The Balaban J connectivity index is 2.31. The van der Waals surface area contributed by atoms with Crippen molar-refractivity contribution in [3.63, 3.8) is 0 Å². The molecule has 0 saturated heterocycles. The summed E-state index contributed by atoms with van der Waals surface area (Å²) in [5, 5.41) is 6.67. The third-order valence-corrected chi connectivity index (χ3v) is 3.19. The van der Waals surface area contributed by atoms with Crippen LogP contribution in [0, 0.1) is 6.92 Å². The lowest BCUT2D eigenvalue weighted by molar-refractivity contribution is -0.0493. The van der Waals surface area contributed by atoms with Crippen LogP contribution in [0.3, 0.4) is 0 Å². The fourth-order valence-electron chi connectivity index (χ4n) is 1.95. The van der Waals surface area contributed by atoms with Gasteiger partial charge in [0.1, 0.15) is 11.4 Å². The minimum Gasteiger partial charge on any atom is -0.433 e. The van der Waals surface area contributed by atoms with Crippen LogP contribution in [0.15, 0.2) is 24.4 Å². The number of hydrogen-bond acceptors (Lipinski definition) is 3. The van der Waals surface area contributed by atoms with Gasteiger partial charge in [0.15, 0.2) is 0 Å². The van der Waals surface area contributed by atoms with Gasteiger partial charge in [-0.3, -0.25) is 9.48 Å². The molecule has 5 nitrogen and oxygen atoms in total. The first-order chi connectivity index (χ1) is 10.4. The van der Waals surface area contributed by atoms with Crippen LogP contribution < -0.4 is 10.1 Å². The highest BCUT2D eigenvalue weighted by Gasteiger charge is 2.19. The Bertz CT molecular complexity index is 689. The Kier molecular flexibility index (Phi) is 4.97. The van der Waals surface area contributed by atoms with E-state index < -0.39 is 12.5 Å². The molecular formula is C14H14ClF2N3O2. The van der Waals surface area contributed by atoms with Gasteiger partial charge >= 0.3 is 6.61 Å². The first-order valence-electron chi connectivity index (χ1n) is 6.50. The number of rotatable bonds is 5. The second-order valence-corrected chi connectivity index (χ2v) is 4.90. The molecule has 1 heterocycles. The van der Waals surface area contributed by atoms with E-state index in [1.54, 1.807) is 19.9 Å². The van der Waals surface area contributed by atoms with Gasteiger partial charge in [0.05, 0.1) is 16.9 Å². The highest BCUT2D eigenvalue weighted by atomic mass is 35.5. The molecule has 0 aliphatic heterocycles. The summed E-state index contributed by atoms with van der Waals surface area (Å²) < 4.78 is 30.7. The van der Waals surface area contributed by atoms with Gasteiger partial charge in [0.25, 0.3) is 5.91 Å². The second-order valence-electron chi connectivity index (χ2n) is 4.49.